The minimum Gasteiger partial charge on any atom is -0.459 e. The van der Waals surface area contributed by atoms with E-state index in [1.54, 1.807) is 6.92 Å². The summed E-state index contributed by atoms with van der Waals surface area (Å²) in [6.07, 6.45) is 0. The molecule has 1 heterocycles. The SMILES string of the molecule is C[C@H](NC(=O)N[C@@H](C)CO)c1cc2ccccc2o1. The van der Waals surface area contributed by atoms with Gasteiger partial charge in [0.1, 0.15) is 11.3 Å². The van der Waals surface area contributed by atoms with E-state index in [0.29, 0.717) is 5.76 Å². The normalized spacial score (nSPS) is 14.1. The van der Waals surface area contributed by atoms with Gasteiger partial charge >= 0.3 is 6.03 Å². The molecule has 0 saturated heterocycles. The predicted molar refractivity (Wildman–Crippen MR) is 72.8 cm³/mol. The summed E-state index contributed by atoms with van der Waals surface area (Å²) in [6.45, 7) is 3.48. The van der Waals surface area contributed by atoms with Crippen LogP contribution in [-0.2, 0) is 0 Å². The van der Waals surface area contributed by atoms with Crippen molar-refractivity contribution in [3.05, 3.63) is 36.1 Å². The molecule has 0 bridgehead atoms. The second-order valence-electron chi connectivity index (χ2n) is 4.61. The molecule has 0 unspecified atom stereocenters. The average molecular weight is 262 g/mol. The standard InChI is InChI=1S/C14H18N2O3/c1-9(8-17)15-14(18)16-10(2)13-7-11-5-3-4-6-12(11)19-13/h3-7,9-10,17H,8H2,1-2H3,(H2,15,16,18)/t9-,10-/m0/s1. The third-order valence-corrected chi connectivity index (χ3v) is 2.87. The zero-order valence-electron chi connectivity index (χ0n) is 11.0. The van der Waals surface area contributed by atoms with Crippen molar-refractivity contribution in [1.82, 2.24) is 10.6 Å². The highest BCUT2D eigenvalue weighted by Gasteiger charge is 2.14. The number of carbonyl (C=O) groups excluding carboxylic acids is 1. The lowest BCUT2D eigenvalue weighted by atomic mass is 10.2. The Labute approximate surface area is 111 Å². The minimum absolute atomic E-state index is 0.0908. The zero-order chi connectivity index (χ0) is 13.8. The van der Waals surface area contributed by atoms with Gasteiger partial charge in [0, 0.05) is 5.39 Å². The van der Waals surface area contributed by atoms with Gasteiger partial charge in [-0.25, -0.2) is 4.79 Å². The molecule has 102 valence electrons. The number of rotatable bonds is 4. The van der Waals surface area contributed by atoms with Gasteiger partial charge in [-0.1, -0.05) is 18.2 Å². The van der Waals surface area contributed by atoms with Crippen molar-refractivity contribution < 1.29 is 14.3 Å². The fourth-order valence-electron chi connectivity index (χ4n) is 1.79. The van der Waals surface area contributed by atoms with Crippen LogP contribution in [0.2, 0.25) is 0 Å². The molecule has 0 aliphatic heterocycles. The maximum Gasteiger partial charge on any atom is 0.315 e. The van der Waals surface area contributed by atoms with Gasteiger partial charge in [0.25, 0.3) is 0 Å². The summed E-state index contributed by atoms with van der Waals surface area (Å²) >= 11 is 0. The fourth-order valence-corrected chi connectivity index (χ4v) is 1.79. The summed E-state index contributed by atoms with van der Waals surface area (Å²) in [5, 5.41) is 15.3. The number of amides is 2. The smallest absolute Gasteiger partial charge is 0.315 e. The topological polar surface area (TPSA) is 74.5 Å². The van der Waals surface area contributed by atoms with Crippen LogP contribution < -0.4 is 10.6 Å². The zero-order valence-corrected chi connectivity index (χ0v) is 11.0. The third-order valence-electron chi connectivity index (χ3n) is 2.87. The molecule has 0 aliphatic carbocycles. The number of furan rings is 1. The summed E-state index contributed by atoms with van der Waals surface area (Å²) in [4.78, 5) is 11.6. The first-order valence-electron chi connectivity index (χ1n) is 6.26. The van der Waals surface area contributed by atoms with Crippen LogP contribution in [0, 0.1) is 0 Å². The van der Waals surface area contributed by atoms with Gasteiger partial charge in [0.15, 0.2) is 0 Å². The van der Waals surface area contributed by atoms with E-state index in [0.717, 1.165) is 11.0 Å². The summed E-state index contributed by atoms with van der Waals surface area (Å²) in [5.41, 5.74) is 0.801. The highest BCUT2D eigenvalue weighted by molar-refractivity contribution is 5.78. The van der Waals surface area contributed by atoms with Gasteiger partial charge in [-0.15, -0.1) is 0 Å². The number of hydrogen-bond donors (Lipinski definition) is 3. The highest BCUT2D eigenvalue weighted by atomic mass is 16.3. The Morgan fingerprint density at radius 2 is 2.05 bits per heavy atom. The molecule has 0 radical (unpaired) electrons. The monoisotopic (exact) mass is 262 g/mol. The Morgan fingerprint density at radius 1 is 1.32 bits per heavy atom. The van der Waals surface area contributed by atoms with E-state index in [2.05, 4.69) is 10.6 Å². The Morgan fingerprint density at radius 3 is 2.74 bits per heavy atom. The van der Waals surface area contributed by atoms with Crippen molar-refractivity contribution >= 4 is 17.0 Å². The molecule has 2 rings (SSSR count). The summed E-state index contributed by atoms with van der Waals surface area (Å²) in [6, 6.07) is 8.77. The Kier molecular flexibility index (Phi) is 4.06. The van der Waals surface area contributed by atoms with Crippen molar-refractivity contribution in [3.8, 4) is 0 Å². The van der Waals surface area contributed by atoms with Crippen LogP contribution in [0.15, 0.2) is 34.7 Å². The van der Waals surface area contributed by atoms with Gasteiger partial charge < -0.3 is 20.2 Å². The van der Waals surface area contributed by atoms with Crippen molar-refractivity contribution in [1.29, 1.82) is 0 Å². The number of aliphatic hydroxyl groups excluding tert-OH is 1. The average Bonchev–Trinajstić information content (AvgIpc) is 2.82. The fraction of sp³-hybridized carbons (Fsp3) is 0.357. The molecule has 5 heteroatoms. The van der Waals surface area contributed by atoms with Gasteiger partial charge in [0.05, 0.1) is 18.7 Å². The summed E-state index contributed by atoms with van der Waals surface area (Å²) < 4.78 is 5.67. The van der Waals surface area contributed by atoms with E-state index in [1.165, 1.54) is 0 Å². The highest BCUT2D eigenvalue weighted by Crippen LogP contribution is 2.23. The molecule has 2 aromatic rings. The maximum absolute atomic E-state index is 11.6. The number of urea groups is 1. The van der Waals surface area contributed by atoms with Gasteiger partial charge in [0.2, 0.25) is 0 Å². The summed E-state index contributed by atoms with van der Waals surface area (Å²) in [7, 11) is 0. The lowest BCUT2D eigenvalue weighted by molar-refractivity contribution is 0.217. The van der Waals surface area contributed by atoms with Crippen LogP contribution in [0.4, 0.5) is 4.79 Å². The number of aliphatic hydroxyl groups is 1. The van der Waals surface area contributed by atoms with E-state index >= 15 is 0 Å². The molecule has 2 atom stereocenters. The lowest BCUT2D eigenvalue weighted by Gasteiger charge is -2.15. The predicted octanol–water partition coefficient (Wildman–Crippen LogP) is 2.17. The number of benzene rings is 1. The Balaban J connectivity index is 2.03. The molecule has 1 aromatic heterocycles. The van der Waals surface area contributed by atoms with Crippen molar-refractivity contribution in [2.45, 2.75) is 25.9 Å². The Bertz CT molecular complexity index is 532. The summed E-state index contributed by atoms with van der Waals surface area (Å²) in [5.74, 6) is 0.702. The first-order chi connectivity index (χ1) is 9.10. The van der Waals surface area contributed by atoms with Gasteiger partial charge in [-0.3, -0.25) is 0 Å². The van der Waals surface area contributed by atoms with Crippen LogP contribution >= 0.6 is 0 Å². The van der Waals surface area contributed by atoms with Crippen LogP contribution in [0.3, 0.4) is 0 Å². The van der Waals surface area contributed by atoms with Crippen molar-refractivity contribution in [2.24, 2.45) is 0 Å². The van der Waals surface area contributed by atoms with Crippen molar-refractivity contribution in [3.63, 3.8) is 0 Å². The molecule has 2 amide bonds. The van der Waals surface area contributed by atoms with E-state index in [1.807, 2.05) is 37.3 Å². The molecule has 19 heavy (non-hydrogen) atoms. The number of para-hydroxylation sites is 1. The van der Waals surface area contributed by atoms with Crippen LogP contribution in [0.5, 0.6) is 0 Å². The number of fused-ring (bicyclic) bond motifs is 1. The second kappa shape index (κ2) is 5.75. The molecule has 0 saturated carbocycles. The van der Waals surface area contributed by atoms with E-state index < -0.39 is 0 Å². The first kappa shape index (κ1) is 13.4. The largest absolute Gasteiger partial charge is 0.459 e. The van der Waals surface area contributed by atoms with E-state index in [4.69, 9.17) is 9.52 Å². The molecular formula is C14H18N2O3. The first-order valence-corrected chi connectivity index (χ1v) is 6.26. The van der Waals surface area contributed by atoms with Gasteiger partial charge in [-0.2, -0.15) is 0 Å². The van der Waals surface area contributed by atoms with Crippen LogP contribution in [0.25, 0.3) is 11.0 Å². The minimum atomic E-state index is -0.325. The lowest BCUT2D eigenvalue weighted by Crippen LogP contribution is -2.43. The Hall–Kier alpha value is -2.01. The van der Waals surface area contributed by atoms with Crippen LogP contribution in [-0.4, -0.2) is 23.8 Å². The molecule has 5 nitrogen and oxygen atoms in total. The third kappa shape index (κ3) is 3.26. The molecule has 1 aromatic carbocycles. The van der Waals surface area contributed by atoms with Crippen molar-refractivity contribution in [2.75, 3.05) is 6.61 Å². The molecular weight excluding hydrogens is 244 g/mol. The van der Waals surface area contributed by atoms with Gasteiger partial charge in [-0.05, 0) is 26.0 Å². The number of carbonyl (C=O) groups is 1. The molecule has 0 aliphatic rings. The van der Waals surface area contributed by atoms with E-state index in [9.17, 15) is 4.79 Å². The van der Waals surface area contributed by atoms with E-state index in [-0.39, 0.29) is 24.7 Å². The number of nitrogens with one attached hydrogen (secondary N) is 2. The molecule has 0 spiro atoms. The number of hydrogen-bond acceptors (Lipinski definition) is 3. The maximum atomic E-state index is 11.6. The quantitative estimate of drug-likeness (QED) is 0.790. The van der Waals surface area contributed by atoms with Crippen LogP contribution in [0.1, 0.15) is 25.6 Å². The molecule has 0 fully saturated rings. The second-order valence-corrected chi connectivity index (χ2v) is 4.61. The molecule has 3 N–H and O–H groups in total.